The molecule has 3 nitrogen and oxygen atoms in total. The zero-order chi connectivity index (χ0) is 7.98. The number of rotatable bonds is 5. The largest absolute Gasteiger partial charge is 0.307 e. The Morgan fingerprint density at radius 3 is 2.40 bits per heavy atom. The molecule has 0 aliphatic rings. The molecule has 0 radical (unpaired) electrons. The fourth-order valence-electron chi connectivity index (χ4n) is 0.664. The lowest BCUT2D eigenvalue weighted by Crippen LogP contribution is -2.33. The van der Waals surface area contributed by atoms with Crippen molar-refractivity contribution in [3.05, 3.63) is 0 Å². The van der Waals surface area contributed by atoms with E-state index >= 15 is 0 Å². The van der Waals surface area contributed by atoms with Crippen LogP contribution in [0.4, 0.5) is 0 Å². The summed E-state index contributed by atoms with van der Waals surface area (Å²) in [4.78, 5) is 2.22. The average molecular weight is 145 g/mol. The second-order valence-electron chi connectivity index (χ2n) is 2.78. The summed E-state index contributed by atoms with van der Waals surface area (Å²) in [5, 5.41) is 0. The van der Waals surface area contributed by atoms with Crippen molar-refractivity contribution in [2.24, 2.45) is 0 Å². The van der Waals surface area contributed by atoms with Crippen molar-refractivity contribution in [1.82, 2.24) is 15.8 Å². The van der Waals surface area contributed by atoms with Gasteiger partial charge in [0.15, 0.2) is 0 Å². The Balaban J connectivity index is 3.13. The van der Waals surface area contributed by atoms with Crippen LogP contribution in [-0.2, 0) is 0 Å². The third kappa shape index (κ3) is 4.73. The van der Waals surface area contributed by atoms with E-state index in [0.29, 0.717) is 6.04 Å². The van der Waals surface area contributed by atoms with Gasteiger partial charge in [-0.3, -0.25) is 10.9 Å². The number of nitrogens with zero attached hydrogens (tertiary/aromatic N) is 1. The standard InChI is InChI=1S/C7H19N3/c1-7(10(3)4)5-6-9-8-2/h7-9H,5-6H2,1-4H3. The van der Waals surface area contributed by atoms with E-state index in [9.17, 15) is 0 Å². The summed E-state index contributed by atoms with van der Waals surface area (Å²) in [5.74, 6) is 0. The molecular weight excluding hydrogens is 126 g/mol. The molecule has 1 unspecified atom stereocenters. The summed E-state index contributed by atoms with van der Waals surface area (Å²) in [6.45, 7) is 3.24. The second-order valence-corrected chi connectivity index (χ2v) is 2.78. The van der Waals surface area contributed by atoms with E-state index in [1.54, 1.807) is 0 Å². The van der Waals surface area contributed by atoms with Gasteiger partial charge in [0.05, 0.1) is 0 Å². The van der Waals surface area contributed by atoms with E-state index in [1.165, 1.54) is 6.42 Å². The minimum atomic E-state index is 0.654. The molecule has 0 fully saturated rings. The molecule has 0 amide bonds. The van der Waals surface area contributed by atoms with E-state index in [1.807, 2.05) is 7.05 Å². The van der Waals surface area contributed by atoms with Crippen LogP contribution in [0.2, 0.25) is 0 Å². The average Bonchev–Trinajstić information content (AvgIpc) is 1.88. The second kappa shape index (κ2) is 5.65. The minimum absolute atomic E-state index is 0.654. The Kier molecular flexibility index (Phi) is 5.58. The summed E-state index contributed by atoms with van der Waals surface area (Å²) in [7, 11) is 6.09. The van der Waals surface area contributed by atoms with Crippen molar-refractivity contribution in [1.29, 1.82) is 0 Å². The van der Waals surface area contributed by atoms with Gasteiger partial charge in [-0.05, 0) is 34.5 Å². The Morgan fingerprint density at radius 1 is 1.40 bits per heavy atom. The molecule has 0 saturated heterocycles. The van der Waals surface area contributed by atoms with Crippen LogP contribution in [0, 0.1) is 0 Å². The smallest absolute Gasteiger partial charge is 0.0114 e. The number of hydrogen-bond acceptors (Lipinski definition) is 3. The first-order chi connectivity index (χ1) is 4.68. The Labute approximate surface area is 63.8 Å². The minimum Gasteiger partial charge on any atom is -0.307 e. The lowest BCUT2D eigenvalue weighted by Gasteiger charge is -2.19. The van der Waals surface area contributed by atoms with Crippen LogP contribution in [0.3, 0.4) is 0 Å². The molecule has 0 aliphatic heterocycles. The third-order valence-electron chi connectivity index (χ3n) is 1.75. The van der Waals surface area contributed by atoms with E-state index in [-0.39, 0.29) is 0 Å². The molecule has 0 spiro atoms. The first-order valence-corrected chi connectivity index (χ1v) is 3.74. The topological polar surface area (TPSA) is 27.3 Å². The summed E-state index contributed by atoms with van der Waals surface area (Å²) in [6, 6.07) is 0.654. The summed E-state index contributed by atoms with van der Waals surface area (Å²) in [5.41, 5.74) is 5.95. The van der Waals surface area contributed by atoms with Gasteiger partial charge >= 0.3 is 0 Å². The zero-order valence-corrected chi connectivity index (χ0v) is 7.44. The third-order valence-corrected chi connectivity index (χ3v) is 1.75. The van der Waals surface area contributed by atoms with E-state index < -0.39 is 0 Å². The first-order valence-electron chi connectivity index (χ1n) is 3.74. The van der Waals surface area contributed by atoms with Crippen LogP contribution in [-0.4, -0.2) is 38.6 Å². The Hall–Kier alpha value is -0.120. The molecule has 0 saturated carbocycles. The molecular formula is C7H19N3. The summed E-state index contributed by atoms with van der Waals surface area (Å²) < 4.78 is 0. The molecule has 0 aromatic heterocycles. The van der Waals surface area contributed by atoms with Gasteiger partial charge in [0, 0.05) is 12.6 Å². The van der Waals surface area contributed by atoms with Crippen LogP contribution in [0.5, 0.6) is 0 Å². The highest BCUT2D eigenvalue weighted by Gasteiger charge is 2.01. The van der Waals surface area contributed by atoms with Crippen molar-refractivity contribution < 1.29 is 0 Å². The molecule has 0 bridgehead atoms. The van der Waals surface area contributed by atoms with Crippen LogP contribution in [0.1, 0.15) is 13.3 Å². The lowest BCUT2D eigenvalue weighted by atomic mass is 10.2. The van der Waals surface area contributed by atoms with Gasteiger partial charge in [0.25, 0.3) is 0 Å². The van der Waals surface area contributed by atoms with Crippen molar-refractivity contribution >= 4 is 0 Å². The normalized spacial score (nSPS) is 14.1. The number of nitrogens with one attached hydrogen (secondary N) is 2. The van der Waals surface area contributed by atoms with E-state index in [2.05, 4.69) is 36.8 Å². The van der Waals surface area contributed by atoms with Crippen LogP contribution in [0.15, 0.2) is 0 Å². The molecule has 10 heavy (non-hydrogen) atoms. The SMILES string of the molecule is CNNCCC(C)N(C)C. The Bertz CT molecular complexity index is 73.3. The summed E-state index contributed by atoms with van der Waals surface area (Å²) >= 11 is 0. The predicted octanol–water partition coefficient (Wildman–Crippen LogP) is 0.0506. The van der Waals surface area contributed by atoms with Gasteiger partial charge in [-0.1, -0.05) is 0 Å². The van der Waals surface area contributed by atoms with Crippen LogP contribution < -0.4 is 10.9 Å². The highest BCUT2D eigenvalue weighted by Crippen LogP contribution is 1.94. The van der Waals surface area contributed by atoms with Crippen LogP contribution in [0.25, 0.3) is 0 Å². The first kappa shape index (κ1) is 9.88. The fraction of sp³-hybridized carbons (Fsp3) is 1.00. The zero-order valence-electron chi connectivity index (χ0n) is 7.44. The van der Waals surface area contributed by atoms with Gasteiger partial charge < -0.3 is 4.90 Å². The predicted molar refractivity (Wildman–Crippen MR) is 44.8 cm³/mol. The molecule has 62 valence electrons. The molecule has 3 heteroatoms. The maximum absolute atomic E-state index is 3.06. The molecule has 0 heterocycles. The van der Waals surface area contributed by atoms with Crippen molar-refractivity contribution in [2.75, 3.05) is 27.7 Å². The molecule has 0 aliphatic carbocycles. The fourth-order valence-corrected chi connectivity index (χ4v) is 0.664. The Morgan fingerprint density at radius 2 is 2.00 bits per heavy atom. The molecule has 0 aromatic rings. The monoisotopic (exact) mass is 145 g/mol. The van der Waals surface area contributed by atoms with Gasteiger partial charge in [-0.2, -0.15) is 0 Å². The molecule has 2 N–H and O–H groups in total. The van der Waals surface area contributed by atoms with Gasteiger partial charge in [0.1, 0.15) is 0 Å². The van der Waals surface area contributed by atoms with Crippen LogP contribution >= 0.6 is 0 Å². The van der Waals surface area contributed by atoms with Gasteiger partial charge in [0.2, 0.25) is 0 Å². The van der Waals surface area contributed by atoms with E-state index in [0.717, 1.165) is 6.54 Å². The molecule has 0 aromatic carbocycles. The maximum Gasteiger partial charge on any atom is 0.0114 e. The van der Waals surface area contributed by atoms with Crippen molar-refractivity contribution in [3.63, 3.8) is 0 Å². The van der Waals surface area contributed by atoms with Crippen molar-refractivity contribution in [3.8, 4) is 0 Å². The highest BCUT2D eigenvalue weighted by molar-refractivity contribution is 4.59. The quantitative estimate of drug-likeness (QED) is 0.423. The number of hydrogen-bond donors (Lipinski definition) is 2. The van der Waals surface area contributed by atoms with Gasteiger partial charge in [-0.25, -0.2) is 0 Å². The molecule has 0 rings (SSSR count). The molecule has 1 atom stereocenters. The maximum atomic E-state index is 3.06. The highest BCUT2D eigenvalue weighted by atomic mass is 15.3. The lowest BCUT2D eigenvalue weighted by molar-refractivity contribution is 0.293. The van der Waals surface area contributed by atoms with E-state index in [4.69, 9.17) is 0 Å². The van der Waals surface area contributed by atoms with Crippen molar-refractivity contribution in [2.45, 2.75) is 19.4 Å². The van der Waals surface area contributed by atoms with Gasteiger partial charge in [-0.15, -0.1) is 0 Å². The summed E-state index contributed by atoms with van der Waals surface area (Å²) in [6.07, 6.45) is 1.17. The number of hydrazine groups is 1.